The number of primary amides is 1. The molecule has 0 radical (unpaired) electrons. The van der Waals surface area contributed by atoms with Gasteiger partial charge in [0.1, 0.15) is 12.4 Å². The number of hydrogen-bond donors (Lipinski definition) is 2. The third-order valence-electron chi connectivity index (χ3n) is 4.25. The molecule has 6 heteroatoms. The zero-order valence-corrected chi connectivity index (χ0v) is 15.3. The van der Waals surface area contributed by atoms with Crippen LogP contribution in [0, 0.1) is 12.8 Å². The lowest BCUT2D eigenvalue weighted by Crippen LogP contribution is -2.47. The lowest BCUT2D eigenvalue weighted by atomic mass is 9.95. The van der Waals surface area contributed by atoms with E-state index in [9.17, 15) is 4.79 Å². The topological polar surface area (TPSA) is 80.0 Å². The number of rotatable bonds is 7. The second-order valence-electron chi connectivity index (χ2n) is 6.53. The van der Waals surface area contributed by atoms with Gasteiger partial charge in [-0.3, -0.25) is 4.79 Å². The van der Waals surface area contributed by atoms with Crippen molar-refractivity contribution >= 4 is 11.9 Å². The molecule has 1 fully saturated rings. The average Bonchev–Trinajstić information content (AvgIpc) is 2.57. The van der Waals surface area contributed by atoms with Crippen LogP contribution in [0.15, 0.2) is 29.3 Å². The Hall–Kier alpha value is -2.24. The van der Waals surface area contributed by atoms with Crippen LogP contribution in [0.2, 0.25) is 0 Å². The summed E-state index contributed by atoms with van der Waals surface area (Å²) >= 11 is 0. The predicted octanol–water partition coefficient (Wildman–Crippen LogP) is 1.93. The number of piperidine rings is 1. The Bertz CT molecular complexity index is 589. The summed E-state index contributed by atoms with van der Waals surface area (Å²) in [6, 6.07) is 8.02. The summed E-state index contributed by atoms with van der Waals surface area (Å²) < 4.78 is 5.76. The summed E-state index contributed by atoms with van der Waals surface area (Å²) in [7, 11) is 0. The number of guanidine groups is 1. The van der Waals surface area contributed by atoms with Crippen LogP contribution in [0.4, 0.5) is 0 Å². The largest absolute Gasteiger partial charge is 0.492 e. The van der Waals surface area contributed by atoms with E-state index in [-0.39, 0.29) is 5.91 Å². The van der Waals surface area contributed by atoms with Crippen LogP contribution in [-0.2, 0) is 4.79 Å². The summed E-state index contributed by atoms with van der Waals surface area (Å²) in [6.45, 7) is 7.84. The molecule has 1 aromatic rings. The first-order valence-electron chi connectivity index (χ1n) is 9.09. The maximum Gasteiger partial charge on any atom is 0.217 e. The van der Waals surface area contributed by atoms with Crippen molar-refractivity contribution in [1.82, 2.24) is 10.2 Å². The van der Waals surface area contributed by atoms with Gasteiger partial charge >= 0.3 is 0 Å². The molecule has 0 aliphatic carbocycles. The molecule has 0 aromatic heterocycles. The lowest BCUT2D eigenvalue weighted by molar-refractivity contribution is -0.119. The molecule has 3 N–H and O–H groups in total. The maximum absolute atomic E-state index is 11.2. The average molecular weight is 346 g/mol. The number of nitrogens with two attached hydrogens (primary N) is 1. The molecule has 6 nitrogen and oxygen atoms in total. The molecule has 138 valence electrons. The van der Waals surface area contributed by atoms with Gasteiger partial charge in [-0.05, 0) is 50.3 Å². The number of hydrogen-bond acceptors (Lipinski definition) is 3. The minimum absolute atomic E-state index is 0.222. The number of nitrogens with zero attached hydrogens (tertiary/aromatic N) is 2. The molecule has 2 rings (SSSR count). The van der Waals surface area contributed by atoms with Crippen molar-refractivity contribution in [2.75, 3.05) is 32.8 Å². The van der Waals surface area contributed by atoms with Crippen LogP contribution < -0.4 is 15.8 Å². The highest BCUT2D eigenvalue weighted by Crippen LogP contribution is 2.19. The lowest BCUT2D eigenvalue weighted by Gasteiger charge is -2.34. The van der Waals surface area contributed by atoms with Gasteiger partial charge in [0.05, 0.1) is 6.54 Å². The second-order valence-corrected chi connectivity index (χ2v) is 6.53. The van der Waals surface area contributed by atoms with Crippen molar-refractivity contribution in [2.45, 2.75) is 33.1 Å². The number of carbonyl (C=O) groups excluding carboxylic acids is 1. The molecule has 1 aromatic carbocycles. The SMILES string of the molecule is CCNC(=NCCOc1cccc(C)c1)N1CCCC(CC(N)=O)C1. The first-order valence-corrected chi connectivity index (χ1v) is 9.09. The molecule has 0 spiro atoms. The summed E-state index contributed by atoms with van der Waals surface area (Å²) in [5, 5.41) is 3.34. The van der Waals surface area contributed by atoms with Crippen LogP contribution in [0.1, 0.15) is 31.7 Å². The molecular formula is C19H30N4O2. The number of aryl methyl sites for hydroxylation is 1. The highest BCUT2D eigenvalue weighted by molar-refractivity contribution is 5.80. The standard InChI is InChI=1S/C19H30N4O2/c1-3-21-19(23-10-5-7-16(14-23)13-18(20)24)22-9-11-25-17-8-4-6-15(2)12-17/h4,6,8,12,16H,3,5,7,9-11,13-14H2,1-2H3,(H2,20,24)(H,21,22). The van der Waals surface area contributed by atoms with Crippen molar-refractivity contribution in [3.63, 3.8) is 0 Å². The number of carbonyl (C=O) groups is 1. The van der Waals surface area contributed by atoms with Gasteiger partial charge in [0.25, 0.3) is 0 Å². The third-order valence-corrected chi connectivity index (χ3v) is 4.25. The molecular weight excluding hydrogens is 316 g/mol. The first-order chi connectivity index (χ1) is 12.1. The van der Waals surface area contributed by atoms with Crippen molar-refractivity contribution in [1.29, 1.82) is 0 Å². The molecule has 1 amide bonds. The number of aliphatic imine (C=N–C) groups is 1. The Labute approximate surface area is 150 Å². The number of benzene rings is 1. The summed E-state index contributed by atoms with van der Waals surface area (Å²) in [5.74, 6) is 1.86. The fourth-order valence-corrected chi connectivity index (χ4v) is 3.15. The Morgan fingerprint density at radius 1 is 1.48 bits per heavy atom. The maximum atomic E-state index is 11.2. The van der Waals surface area contributed by atoms with Crippen LogP contribution in [0.25, 0.3) is 0 Å². The molecule has 25 heavy (non-hydrogen) atoms. The van der Waals surface area contributed by atoms with Crippen LogP contribution in [-0.4, -0.2) is 49.6 Å². The van der Waals surface area contributed by atoms with Gasteiger partial charge in [-0.1, -0.05) is 12.1 Å². The molecule has 1 aliphatic rings. The first kappa shape index (κ1) is 19.1. The van der Waals surface area contributed by atoms with E-state index in [0.717, 1.165) is 44.2 Å². The van der Waals surface area contributed by atoms with Gasteiger partial charge in [-0.2, -0.15) is 0 Å². The zero-order chi connectivity index (χ0) is 18.1. The zero-order valence-electron chi connectivity index (χ0n) is 15.3. The predicted molar refractivity (Wildman–Crippen MR) is 101 cm³/mol. The van der Waals surface area contributed by atoms with Crippen molar-refractivity contribution in [2.24, 2.45) is 16.6 Å². The second kappa shape index (κ2) is 9.91. The van der Waals surface area contributed by atoms with Gasteiger partial charge < -0.3 is 20.7 Å². The van der Waals surface area contributed by atoms with E-state index >= 15 is 0 Å². The molecule has 0 bridgehead atoms. The van der Waals surface area contributed by atoms with Gasteiger partial charge in [0.15, 0.2) is 5.96 Å². The van der Waals surface area contributed by atoms with Crippen LogP contribution in [0.5, 0.6) is 5.75 Å². The van der Waals surface area contributed by atoms with Crippen molar-refractivity contribution in [3.8, 4) is 5.75 Å². The van der Waals surface area contributed by atoms with Crippen molar-refractivity contribution in [3.05, 3.63) is 29.8 Å². The van der Waals surface area contributed by atoms with Gasteiger partial charge in [-0.15, -0.1) is 0 Å². The van der Waals surface area contributed by atoms with Gasteiger partial charge in [0.2, 0.25) is 5.91 Å². The minimum atomic E-state index is -0.222. The molecule has 1 atom stereocenters. The summed E-state index contributed by atoms with van der Waals surface area (Å²) in [5.41, 5.74) is 6.53. The highest BCUT2D eigenvalue weighted by Gasteiger charge is 2.23. The minimum Gasteiger partial charge on any atom is -0.492 e. The Balaban J connectivity index is 1.87. The summed E-state index contributed by atoms with van der Waals surface area (Å²) in [4.78, 5) is 18.1. The van der Waals surface area contributed by atoms with E-state index in [0.29, 0.717) is 25.5 Å². The Morgan fingerprint density at radius 2 is 2.32 bits per heavy atom. The van der Waals surface area contributed by atoms with E-state index in [2.05, 4.69) is 22.1 Å². The van der Waals surface area contributed by atoms with E-state index < -0.39 is 0 Å². The fraction of sp³-hybridized carbons (Fsp3) is 0.579. The number of likely N-dealkylation sites (tertiary alicyclic amines) is 1. The number of nitrogens with one attached hydrogen (secondary N) is 1. The number of ether oxygens (including phenoxy) is 1. The van der Waals surface area contributed by atoms with E-state index in [1.54, 1.807) is 0 Å². The summed E-state index contributed by atoms with van der Waals surface area (Å²) in [6.07, 6.45) is 2.56. The van der Waals surface area contributed by atoms with Gasteiger partial charge in [0, 0.05) is 26.1 Å². The molecule has 1 saturated heterocycles. The monoisotopic (exact) mass is 346 g/mol. The van der Waals surface area contributed by atoms with Crippen LogP contribution in [0.3, 0.4) is 0 Å². The van der Waals surface area contributed by atoms with E-state index in [4.69, 9.17) is 10.5 Å². The van der Waals surface area contributed by atoms with E-state index in [1.807, 2.05) is 31.2 Å². The molecule has 1 unspecified atom stereocenters. The number of amides is 1. The smallest absolute Gasteiger partial charge is 0.217 e. The van der Waals surface area contributed by atoms with Crippen LogP contribution >= 0.6 is 0 Å². The van der Waals surface area contributed by atoms with E-state index in [1.165, 1.54) is 5.56 Å². The molecule has 0 saturated carbocycles. The van der Waals surface area contributed by atoms with Gasteiger partial charge in [-0.25, -0.2) is 4.99 Å². The third kappa shape index (κ3) is 6.64. The molecule has 1 heterocycles. The Kier molecular flexibility index (Phi) is 7.57. The highest BCUT2D eigenvalue weighted by atomic mass is 16.5. The quantitative estimate of drug-likeness (QED) is 0.449. The molecule has 1 aliphatic heterocycles. The normalized spacial score (nSPS) is 18.1. The Morgan fingerprint density at radius 3 is 3.04 bits per heavy atom. The van der Waals surface area contributed by atoms with Crippen molar-refractivity contribution < 1.29 is 9.53 Å². The fourth-order valence-electron chi connectivity index (χ4n) is 3.15.